The maximum Gasteiger partial charge on any atom is 0.320 e. The number of anilines is 3. The van der Waals surface area contributed by atoms with E-state index in [4.69, 9.17) is 11.6 Å². The maximum absolute atomic E-state index is 13.3. The summed E-state index contributed by atoms with van der Waals surface area (Å²) < 4.78 is 0. The van der Waals surface area contributed by atoms with Crippen molar-refractivity contribution >= 4 is 46.5 Å². The third kappa shape index (κ3) is 5.66. The molecule has 1 aliphatic carbocycles. The number of hydrogen-bond donors (Lipinski definition) is 3. The van der Waals surface area contributed by atoms with Gasteiger partial charge in [-0.1, -0.05) is 30.9 Å². The number of urea groups is 1. The van der Waals surface area contributed by atoms with Gasteiger partial charge in [-0.2, -0.15) is 0 Å². The van der Waals surface area contributed by atoms with Gasteiger partial charge in [-0.3, -0.25) is 9.59 Å². The van der Waals surface area contributed by atoms with Crippen molar-refractivity contribution in [1.29, 1.82) is 0 Å². The number of benzene rings is 2. The Bertz CT molecular complexity index is 1000. The monoisotopic (exact) mass is 468 g/mol. The molecule has 2 aromatic carbocycles. The molecule has 8 heteroatoms. The molecule has 0 aromatic heterocycles. The first kappa shape index (κ1) is 23.1. The fraction of sp³-hybridized carbons (Fsp3) is 0.400. The average molecular weight is 469 g/mol. The summed E-state index contributed by atoms with van der Waals surface area (Å²) in [5.74, 6) is -0.0923. The summed E-state index contributed by atoms with van der Waals surface area (Å²) in [6.07, 6.45) is 6.43. The van der Waals surface area contributed by atoms with Crippen molar-refractivity contribution in [2.45, 2.75) is 56.9 Å². The second-order valence-corrected chi connectivity index (χ2v) is 9.17. The molecule has 0 radical (unpaired) electrons. The van der Waals surface area contributed by atoms with E-state index in [-0.39, 0.29) is 11.8 Å². The van der Waals surface area contributed by atoms with E-state index in [2.05, 4.69) is 16.0 Å². The highest BCUT2D eigenvalue weighted by molar-refractivity contribution is 6.30. The minimum Gasteiger partial charge on any atom is -0.324 e. The molecule has 7 nitrogen and oxygen atoms in total. The minimum atomic E-state index is -0.976. The van der Waals surface area contributed by atoms with E-state index >= 15 is 0 Å². The molecule has 0 atom stereocenters. The van der Waals surface area contributed by atoms with Crippen molar-refractivity contribution < 1.29 is 14.4 Å². The van der Waals surface area contributed by atoms with E-state index in [1.807, 2.05) is 12.1 Å². The zero-order valence-corrected chi connectivity index (χ0v) is 19.3. The third-order valence-electron chi connectivity index (χ3n) is 6.36. The first-order valence-electron chi connectivity index (χ1n) is 11.5. The number of carbonyl (C=O) groups is 3. The van der Waals surface area contributed by atoms with E-state index in [0.29, 0.717) is 35.7 Å². The van der Waals surface area contributed by atoms with Gasteiger partial charge >= 0.3 is 6.03 Å². The van der Waals surface area contributed by atoms with Crippen molar-refractivity contribution in [3.8, 4) is 0 Å². The summed E-state index contributed by atoms with van der Waals surface area (Å²) in [5, 5.41) is 9.27. The van der Waals surface area contributed by atoms with Gasteiger partial charge in [0.15, 0.2) is 0 Å². The topological polar surface area (TPSA) is 90.5 Å². The van der Waals surface area contributed by atoms with Crippen LogP contribution in [0.15, 0.2) is 48.5 Å². The molecule has 1 saturated heterocycles. The lowest BCUT2D eigenvalue weighted by Crippen LogP contribution is -2.58. The zero-order valence-electron chi connectivity index (χ0n) is 18.5. The Kier molecular flexibility index (Phi) is 7.18. The molecule has 1 heterocycles. The highest BCUT2D eigenvalue weighted by Gasteiger charge is 2.41. The van der Waals surface area contributed by atoms with Gasteiger partial charge in [-0.15, -0.1) is 0 Å². The Labute approximate surface area is 198 Å². The second kappa shape index (κ2) is 10.3. The fourth-order valence-electron chi connectivity index (χ4n) is 4.53. The van der Waals surface area contributed by atoms with E-state index in [0.717, 1.165) is 44.3 Å². The number of nitrogens with zero attached hydrogens (tertiary/aromatic N) is 1. The summed E-state index contributed by atoms with van der Waals surface area (Å²) in [7, 11) is 0. The van der Waals surface area contributed by atoms with Gasteiger partial charge in [0.2, 0.25) is 11.8 Å². The zero-order chi connectivity index (χ0) is 23.3. The molecule has 1 saturated carbocycles. The molecule has 0 bridgehead atoms. The van der Waals surface area contributed by atoms with Crippen LogP contribution in [0.25, 0.3) is 0 Å². The molecule has 2 fully saturated rings. The molecule has 2 aromatic rings. The first-order chi connectivity index (χ1) is 15.9. The van der Waals surface area contributed by atoms with Crippen molar-refractivity contribution in [2.24, 2.45) is 0 Å². The molecule has 33 heavy (non-hydrogen) atoms. The molecule has 4 rings (SSSR count). The van der Waals surface area contributed by atoms with Crippen molar-refractivity contribution in [1.82, 2.24) is 5.32 Å². The van der Waals surface area contributed by atoms with E-state index < -0.39 is 11.6 Å². The van der Waals surface area contributed by atoms with Gasteiger partial charge in [-0.05, 0) is 74.2 Å². The van der Waals surface area contributed by atoms with Crippen LogP contribution in [0.1, 0.15) is 51.4 Å². The normalized spacial score (nSPS) is 17.8. The van der Waals surface area contributed by atoms with Crippen LogP contribution in [0.2, 0.25) is 5.02 Å². The van der Waals surface area contributed by atoms with Gasteiger partial charge in [0.1, 0.15) is 5.54 Å². The quantitative estimate of drug-likeness (QED) is 0.554. The summed E-state index contributed by atoms with van der Waals surface area (Å²) >= 11 is 5.90. The molecule has 2 aliphatic rings. The number of nitrogens with one attached hydrogen (secondary N) is 3. The first-order valence-corrected chi connectivity index (χ1v) is 11.9. The van der Waals surface area contributed by atoms with Crippen LogP contribution in [-0.2, 0) is 9.59 Å². The lowest BCUT2D eigenvalue weighted by Gasteiger charge is -2.36. The molecule has 3 N–H and O–H groups in total. The molecule has 0 spiro atoms. The summed E-state index contributed by atoms with van der Waals surface area (Å²) in [6, 6.07) is 13.7. The van der Waals surface area contributed by atoms with Crippen LogP contribution in [0.3, 0.4) is 0 Å². The lowest BCUT2D eigenvalue weighted by atomic mass is 9.81. The summed E-state index contributed by atoms with van der Waals surface area (Å²) in [6.45, 7) is 0.723. The molecular formula is C25H29ClN4O3. The molecule has 0 unspecified atom stereocenters. The second-order valence-electron chi connectivity index (χ2n) is 8.73. The Morgan fingerprint density at radius 2 is 1.45 bits per heavy atom. The SMILES string of the molecule is O=C(Nc1ccc(Cl)cc1)NC1(C(=O)Nc2ccc(N3CCCCC3=O)cc2)CCCCC1. The largest absolute Gasteiger partial charge is 0.324 e. The Morgan fingerprint density at radius 1 is 0.818 bits per heavy atom. The molecule has 1 aliphatic heterocycles. The van der Waals surface area contributed by atoms with Gasteiger partial charge in [0.05, 0.1) is 0 Å². The standard InChI is InChI=1S/C25H29ClN4O3/c26-18-7-9-20(10-8-18)28-24(33)29-25(15-3-1-4-16-25)23(32)27-19-11-13-21(14-12-19)30-17-5-2-6-22(30)31/h7-14H,1-6,15-17H2,(H,27,32)(H2,28,29,33). The molecular weight excluding hydrogens is 440 g/mol. The predicted molar refractivity (Wildman–Crippen MR) is 131 cm³/mol. The van der Waals surface area contributed by atoms with Crippen molar-refractivity contribution in [3.63, 3.8) is 0 Å². The number of halogens is 1. The van der Waals surface area contributed by atoms with Gasteiger partial charge in [0, 0.05) is 35.1 Å². The average Bonchev–Trinajstić information content (AvgIpc) is 2.82. The smallest absolute Gasteiger partial charge is 0.320 e. The highest BCUT2D eigenvalue weighted by Crippen LogP contribution is 2.30. The van der Waals surface area contributed by atoms with Crippen LogP contribution in [-0.4, -0.2) is 29.9 Å². The Morgan fingerprint density at radius 3 is 2.12 bits per heavy atom. The van der Waals surface area contributed by atoms with Crippen LogP contribution >= 0.6 is 11.6 Å². The van der Waals surface area contributed by atoms with Crippen LogP contribution in [0, 0.1) is 0 Å². The van der Waals surface area contributed by atoms with Gasteiger partial charge in [0.25, 0.3) is 0 Å². The van der Waals surface area contributed by atoms with Crippen molar-refractivity contribution in [3.05, 3.63) is 53.6 Å². The number of hydrogen-bond acceptors (Lipinski definition) is 3. The van der Waals surface area contributed by atoms with Crippen LogP contribution in [0.4, 0.5) is 21.9 Å². The fourth-order valence-corrected chi connectivity index (χ4v) is 4.66. The highest BCUT2D eigenvalue weighted by atomic mass is 35.5. The number of piperidine rings is 1. The predicted octanol–water partition coefficient (Wildman–Crippen LogP) is 5.32. The number of amides is 4. The van der Waals surface area contributed by atoms with Gasteiger partial charge < -0.3 is 20.9 Å². The van der Waals surface area contributed by atoms with E-state index in [9.17, 15) is 14.4 Å². The number of carbonyl (C=O) groups excluding carboxylic acids is 3. The summed E-state index contributed by atoms with van der Waals surface area (Å²) in [5.41, 5.74) is 1.10. The summed E-state index contributed by atoms with van der Waals surface area (Å²) in [4.78, 5) is 40.0. The van der Waals surface area contributed by atoms with Crippen LogP contribution < -0.4 is 20.9 Å². The lowest BCUT2D eigenvalue weighted by molar-refractivity contribution is -0.123. The molecule has 174 valence electrons. The Hall–Kier alpha value is -3.06. The third-order valence-corrected chi connectivity index (χ3v) is 6.61. The van der Waals surface area contributed by atoms with Crippen LogP contribution in [0.5, 0.6) is 0 Å². The molecule has 4 amide bonds. The minimum absolute atomic E-state index is 0.134. The van der Waals surface area contributed by atoms with Gasteiger partial charge in [-0.25, -0.2) is 4.79 Å². The maximum atomic E-state index is 13.3. The van der Waals surface area contributed by atoms with E-state index in [1.165, 1.54) is 0 Å². The Balaban J connectivity index is 1.43. The van der Waals surface area contributed by atoms with E-state index in [1.54, 1.807) is 41.3 Å². The van der Waals surface area contributed by atoms with Crippen molar-refractivity contribution in [2.75, 3.05) is 22.1 Å². The number of rotatable bonds is 5.